The molecule has 0 rings (SSSR count). The van der Waals surface area contributed by atoms with Crippen LogP contribution in [-0.4, -0.2) is 43.1 Å². The van der Waals surface area contributed by atoms with Crippen molar-refractivity contribution in [3.8, 4) is 0 Å². The van der Waals surface area contributed by atoms with E-state index in [-0.39, 0.29) is 0 Å². The molecule has 0 aliphatic rings. The Morgan fingerprint density at radius 3 is 2.13 bits per heavy atom. The van der Waals surface area contributed by atoms with E-state index < -0.39 is 0 Å². The molecule has 0 radical (unpaired) electrons. The Morgan fingerprint density at radius 2 is 1.80 bits per heavy atom. The average Bonchev–Trinajstić information content (AvgIpc) is 2.17. The SMILES string of the molecule is COCCN(CC(CBr)C(C)C)C(C)C. The Bertz CT molecular complexity index is 151. The fourth-order valence-electron chi connectivity index (χ4n) is 1.51. The van der Waals surface area contributed by atoms with E-state index in [1.54, 1.807) is 7.11 Å². The lowest BCUT2D eigenvalue weighted by molar-refractivity contribution is 0.112. The fourth-order valence-corrected chi connectivity index (χ4v) is 2.46. The monoisotopic (exact) mass is 279 g/mol. The van der Waals surface area contributed by atoms with E-state index in [0.717, 1.165) is 36.9 Å². The van der Waals surface area contributed by atoms with Crippen LogP contribution in [0.1, 0.15) is 27.7 Å². The molecule has 92 valence electrons. The van der Waals surface area contributed by atoms with Gasteiger partial charge in [-0.25, -0.2) is 0 Å². The van der Waals surface area contributed by atoms with Crippen LogP contribution in [-0.2, 0) is 4.74 Å². The van der Waals surface area contributed by atoms with E-state index in [9.17, 15) is 0 Å². The molecule has 0 aromatic carbocycles. The highest BCUT2D eigenvalue weighted by Crippen LogP contribution is 2.16. The summed E-state index contributed by atoms with van der Waals surface area (Å²) in [6, 6.07) is 0.598. The second-order valence-corrected chi connectivity index (χ2v) is 5.39. The van der Waals surface area contributed by atoms with Crippen LogP contribution in [0.3, 0.4) is 0 Å². The van der Waals surface area contributed by atoms with E-state index in [1.807, 2.05) is 0 Å². The number of alkyl halides is 1. The van der Waals surface area contributed by atoms with Gasteiger partial charge in [0.15, 0.2) is 0 Å². The van der Waals surface area contributed by atoms with Crippen molar-refractivity contribution in [2.45, 2.75) is 33.7 Å². The summed E-state index contributed by atoms with van der Waals surface area (Å²) in [5.41, 5.74) is 0. The number of methoxy groups -OCH3 is 1. The highest BCUT2D eigenvalue weighted by molar-refractivity contribution is 9.09. The van der Waals surface area contributed by atoms with Gasteiger partial charge in [0.25, 0.3) is 0 Å². The molecule has 0 bridgehead atoms. The molecule has 0 fully saturated rings. The molecule has 3 heteroatoms. The van der Waals surface area contributed by atoms with Crippen molar-refractivity contribution >= 4 is 15.9 Å². The molecule has 0 spiro atoms. The number of halogens is 1. The van der Waals surface area contributed by atoms with Crippen LogP contribution >= 0.6 is 15.9 Å². The second-order valence-electron chi connectivity index (χ2n) is 4.74. The zero-order chi connectivity index (χ0) is 11.8. The first kappa shape index (κ1) is 15.4. The molecule has 0 saturated heterocycles. The van der Waals surface area contributed by atoms with Gasteiger partial charge in [0.05, 0.1) is 6.61 Å². The highest BCUT2D eigenvalue weighted by Gasteiger charge is 2.18. The van der Waals surface area contributed by atoms with Crippen LogP contribution in [0.15, 0.2) is 0 Å². The standard InChI is InChI=1S/C12H26BrNO/c1-10(2)12(8-13)9-14(11(3)4)6-7-15-5/h10-12H,6-9H2,1-5H3. The summed E-state index contributed by atoms with van der Waals surface area (Å²) in [4.78, 5) is 2.50. The number of hydrogen-bond donors (Lipinski definition) is 0. The smallest absolute Gasteiger partial charge is 0.0589 e. The Kier molecular flexibility index (Phi) is 8.77. The predicted molar refractivity (Wildman–Crippen MR) is 70.7 cm³/mol. The summed E-state index contributed by atoms with van der Waals surface area (Å²) >= 11 is 3.60. The van der Waals surface area contributed by atoms with Crippen molar-refractivity contribution in [3.05, 3.63) is 0 Å². The molecule has 15 heavy (non-hydrogen) atoms. The number of hydrogen-bond acceptors (Lipinski definition) is 2. The Balaban J connectivity index is 4.12. The lowest BCUT2D eigenvalue weighted by Crippen LogP contribution is -2.39. The van der Waals surface area contributed by atoms with Gasteiger partial charge in [-0.05, 0) is 25.7 Å². The van der Waals surface area contributed by atoms with Gasteiger partial charge in [0.1, 0.15) is 0 Å². The van der Waals surface area contributed by atoms with Gasteiger partial charge >= 0.3 is 0 Å². The van der Waals surface area contributed by atoms with E-state index in [2.05, 4.69) is 48.5 Å². The van der Waals surface area contributed by atoms with Gasteiger partial charge in [0.2, 0.25) is 0 Å². The maximum Gasteiger partial charge on any atom is 0.0589 e. The van der Waals surface area contributed by atoms with Crippen molar-refractivity contribution in [2.75, 3.05) is 32.1 Å². The minimum atomic E-state index is 0.598. The van der Waals surface area contributed by atoms with Crippen LogP contribution in [0.25, 0.3) is 0 Å². The molecule has 0 aromatic rings. The van der Waals surface area contributed by atoms with Gasteiger partial charge in [-0.2, -0.15) is 0 Å². The normalized spacial score (nSPS) is 14.2. The third-order valence-corrected chi connectivity index (χ3v) is 3.75. The molecular weight excluding hydrogens is 254 g/mol. The first-order chi connectivity index (χ1) is 7.02. The summed E-state index contributed by atoms with van der Waals surface area (Å²) in [6.45, 7) is 12.1. The summed E-state index contributed by atoms with van der Waals surface area (Å²) in [7, 11) is 1.77. The molecule has 0 heterocycles. The molecule has 0 amide bonds. The summed E-state index contributed by atoms with van der Waals surface area (Å²) in [5, 5.41) is 1.08. The van der Waals surface area contributed by atoms with Crippen molar-refractivity contribution in [1.29, 1.82) is 0 Å². The second kappa shape index (κ2) is 8.54. The number of nitrogens with zero attached hydrogens (tertiary/aromatic N) is 1. The molecule has 1 atom stereocenters. The predicted octanol–water partition coefficient (Wildman–Crippen LogP) is 3.01. The zero-order valence-corrected chi connectivity index (χ0v) is 12.4. The Hall–Kier alpha value is 0.400. The van der Waals surface area contributed by atoms with Crippen LogP contribution in [0.4, 0.5) is 0 Å². The molecule has 0 aromatic heterocycles. The van der Waals surface area contributed by atoms with Crippen molar-refractivity contribution in [1.82, 2.24) is 4.90 Å². The molecule has 0 N–H and O–H groups in total. The maximum absolute atomic E-state index is 5.14. The van der Waals surface area contributed by atoms with E-state index >= 15 is 0 Å². The third-order valence-electron chi connectivity index (χ3n) is 2.92. The lowest BCUT2D eigenvalue weighted by Gasteiger charge is -2.31. The largest absolute Gasteiger partial charge is 0.383 e. The lowest BCUT2D eigenvalue weighted by atomic mass is 9.97. The van der Waals surface area contributed by atoms with E-state index in [1.165, 1.54) is 0 Å². The van der Waals surface area contributed by atoms with Crippen LogP contribution in [0.2, 0.25) is 0 Å². The van der Waals surface area contributed by atoms with Gasteiger partial charge in [-0.1, -0.05) is 29.8 Å². The van der Waals surface area contributed by atoms with Gasteiger partial charge in [-0.3, -0.25) is 4.90 Å². The van der Waals surface area contributed by atoms with Crippen LogP contribution in [0.5, 0.6) is 0 Å². The topological polar surface area (TPSA) is 12.5 Å². The van der Waals surface area contributed by atoms with E-state index in [0.29, 0.717) is 6.04 Å². The molecule has 2 nitrogen and oxygen atoms in total. The van der Waals surface area contributed by atoms with Crippen molar-refractivity contribution in [3.63, 3.8) is 0 Å². The summed E-state index contributed by atoms with van der Waals surface area (Å²) in [6.07, 6.45) is 0. The first-order valence-corrected chi connectivity index (χ1v) is 6.94. The highest BCUT2D eigenvalue weighted by atomic mass is 79.9. The van der Waals surface area contributed by atoms with Crippen LogP contribution in [0, 0.1) is 11.8 Å². The molecule has 0 aliphatic carbocycles. The molecule has 0 aliphatic heterocycles. The van der Waals surface area contributed by atoms with Crippen molar-refractivity contribution < 1.29 is 4.74 Å². The summed E-state index contributed by atoms with van der Waals surface area (Å²) in [5.74, 6) is 1.46. The first-order valence-electron chi connectivity index (χ1n) is 5.81. The minimum Gasteiger partial charge on any atom is -0.383 e. The number of rotatable bonds is 8. The molecule has 0 saturated carbocycles. The molecular formula is C12H26BrNO. The Morgan fingerprint density at radius 1 is 1.20 bits per heavy atom. The fraction of sp³-hybridized carbons (Fsp3) is 1.00. The van der Waals surface area contributed by atoms with Gasteiger partial charge in [0, 0.05) is 31.6 Å². The van der Waals surface area contributed by atoms with Crippen molar-refractivity contribution in [2.24, 2.45) is 11.8 Å². The number of ether oxygens (including phenoxy) is 1. The average molecular weight is 280 g/mol. The maximum atomic E-state index is 5.14. The molecule has 1 unspecified atom stereocenters. The van der Waals surface area contributed by atoms with Gasteiger partial charge in [-0.15, -0.1) is 0 Å². The third kappa shape index (κ3) is 6.54. The van der Waals surface area contributed by atoms with Gasteiger partial charge < -0.3 is 4.74 Å². The Labute approximate surface area is 103 Å². The van der Waals surface area contributed by atoms with Crippen LogP contribution < -0.4 is 0 Å². The quantitative estimate of drug-likeness (QED) is 0.634. The zero-order valence-electron chi connectivity index (χ0n) is 10.8. The summed E-state index contributed by atoms with van der Waals surface area (Å²) < 4.78 is 5.14. The minimum absolute atomic E-state index is 0.598. The van der Waals surface area contributed by atoms with E-state index in [4.69, 9.17) is 4.74 Å².